The maximum atomic E-state index is 10.9. The maximum Gasteiger partial charge on any atom is 0.192 e. The largest absolute Gasteiger partial charge is 0.359 e. The first-order valence-electron chi connectivity index (χ1n) is 2.88. The Morgan fingerprint density at radius 3 is 3.10 bits per heavy atom. The molecular formula is C7H6N2O. The van der Waals surface area contributed by atoms with Gasteiger partial charge in [0.2, 0.25) is 0 Å². The third kappa shape index (κ3) is 1.23. The second kappa shape index (κ2) is 2.83. The summed E-state index contributed by atoms with van der Waals surface area (Å²) in [4.78, 5) is 13.6. The van der Waals surface area contributed by atoms with Gasteiger partial charge in [-0.15, -0.1) is 0 Å². The van der Waals surface area contributed by atoms with E-state index < -0.39 is 0 Å². The molecule has 0 saturated carbocycles. The van der Waals surface area contributed by atoms with Crippen molar-refractivity contribution < 1.29 is 4.79 Å². The Hall–Kier alpha value is -1.56. The monoisotopic (exact) mass is 134 g/mol. The summed E-state index contributed by atoms with van der Waals surface area (Å²) in [5, 5.41) is 8.15. The quantitative estimate of drug-likeness (QED) is 0.616. The van der Waals surface area contributed by atoms with Gasteiger partial charge in [-0.1, -0.05) is 0 Å². The van der Waals surface area contributed by atoms with E-state index in [1.807, 2.05) is 0 Å². The molecule has 1 N–H and O–H groups in total. The highest BCUT2D eigenvalue weighted by Gasteiger charge is 2.03. The number of hydrogen-bond acceptors (Lipinski definition) is 2. The number of hydrogen-bond donors (Lipinski definition) is 1. The third-order valence-corrected chi connectivity index (χ3v) is 1.14. The minimum absolute atomic E-state index is 0.0550. The van der Waals surface area contributed by atoms with Crippen LogP contribution in [-0.4, -0.2) is 10.8 Å². The molecule has 1 aromatic rings. The fourth-order valence-electron chi connectivity index (χ4n) is 0.671. The fraction of sp³-hybridized carbons (Fsp3) is 0.143. The van der Waals surface area contributed by atoms with Crippen molar-refractivity contribution in [2.45, 2.75) is 6.42 Å². The standard InChI is InChI=1S/C7H6N2O/c8-4-3-7(10)6-2-1-5-9-6/h1-2,5,9H,3H2. The van der Waals surface area contributed by atoms with E-state index in [0.717, 1.165) is 0 Å². The molecule has 0 fully saturated rings. The van der Waals surface area contributed by atoms with Gasteiger partial charge in [0.15, 0.2) is 5.78 Å². The van der Waals surface area contributed by atoms with Crippen LogP contribution in [0.5, 0.6) is 0 Å². The minimum atomic E-state index is -0.160. The predicted octanol–water partition coefficient (Wildman–Crippen LogP) is 1.11. The van der Waals surface area contributed by atoms with Crippen LogP contribution in [-0.2, 0) is 0 Å². The summed E-state index contributed by atoms with van der Waals surface area (Å²) in [6, 6.07) is 5.17. The van der Waals surface area contributed by atoms with Gasteiger partial charge in [0.1, 0.15) is 6.42 Å². The lowest BCUT2D eigenvalue weighted by molar-refractivity contribution is 0.0993. The number of H-pyrrole nitrogens is 1. The molecule has 0 aliphatic heterocycles. The van der Waals surface area contributed by atoms with Crippen molar-refractivity contribution in [3.63, 3.8) is 0 Å². The molecule has 50 valence electrons. The number of carbonyl (C=O) groups is 1. The normalized spacial score (nSPS) is 8.70. The van der Waals surface area contributed by atoms with Gasteiger partial charge in [-0.2, -0.15) is 5.26 Å². The molecule has 0 bridgehead atoms. The summed E-state index contributed by atoms with van der Waals surface area (Å²) >= 11 is 0. The lowest BCUT2D eigenvalue weighted by atomic mass is 10.2. The molecular weight excluding hydrogens is 128 g/mol. The Balaban J connectivity index is 2.71. The van der Waals surface area contributed by atoms with E-state index in [9.17, 15) is 4.79 Å². The number of aromatic amines is 1. The number of carbonyl (C=O) groups excluding carboxylic acids is 1. The molecule has 0 aliphatic carbocycles. The smallest absolute Gasteiger partial charge is 0.192 e. The first kappa shape index (κ1) is 6.56. The number of ketones is 1. The number of nitrogens with one attached hydrogen (secondary N) is 1. The van der Waals surface area contributed by atoms with E-state index in [2.05, 4.69) is 4.98 Å². The summed E-state index contributed by atoms with van der Waals surface area (Å²) in [5.41, 5.74) is 0.501. The van der Waals surface area contributed by atoms with Crippen molar-refractivity contribution in [3.8, 4) is 6.07 Å². The van der Waals surface area contributed by atoms with E-state index in [4.69, 9.17) is 5.26 Å². The SMILES string of the molecule is N#CCC(=O)c1ccc[nH]1. The maximum absolute atomic E-state index is 10.9. The van der Waals surface area contributed by atoms with Crippen LogP contribution in [0.3, 0.4) is 0 Å². The molecule has 3 heteroatoms. The molecule has 1 aromatic heterocycles. The number of nitrogens with zero attached hydrogens (tertiary/aromatic N) is 1. The molecule has 0 unspecified atom stereocenters. The lowest BCUT2D eigenvalue weighted by Crippen LogP contribution is -1.96. The number of Topliss-reactive ketones (excluding diaryl/α,β-unsaturated/α-hetero) is 1. The van der Waals surface area contributed by atoms with Crippen molar-refractivity contribution in [3.05, 3.63) is 24.0 Å². The van der Waals surface area contributed by atoms with Crippen LogP contribution in [0, 0.1) is 11.3 Å². The zero-order valence-electron chi connectivity index (χ0n) is 5.29. The van der Waals surface area contributed by atoms with E-state index in [0.29, 0.717) is 5.69 Å². The Morgan fingerprint density at radius 2 is 2.60 bits per heavy atom. The van der Waals surface area contributed by atoms with E-state index in [1.165, 1.54) is 0 Å². The van der Waals surface area contributed by atoms with Gasteiger partial charge in [-0.25, -0.2) is 0 Å². The minimum Gasteiger partial charge on any atom is -0.359 e. The van der Waals surface area contributed by atoms with Crippen molar-refractivity contribution >= 4 is 5.78 Å². The second-order valence-electron chi connectivity index (χ2n) is 1.84. The average molecular weight is 134 g/mol. The molecule has 0 radical (unpaired) electrons. The van der Waals surface area contributed by atoms with Crippen molar-refractivity contribution in [2.75, 3.05) is 0 Å². The topological polar surface area (TPSA) is 56.6 Å². The Kier molecular flexibility index (Phi) is 1.86. The molecule has 0 aliphatic rings. The van der Waals surface area contributed by atoms with Crippen LogP contribution < -0.4 is 0 Å². The van der Waals surface area contributed by atoms with Crippen molar-refractivity contribution in [1.82, 2.24) is 4.98 Å². The fourth-order valence-corrected chi connectivity index (χ4v) is 0.671. The van der Waals surface area contributed by atoms with Crippen molar-refractivity contribution in [1.29, 1.82) is 5.26 Å². The first-order chi connectivity index (χ1) is 4.84. The summed E-state index contributed by atoms with van der Waals surface area (Å²) in [7, 11) is 0. The Bertz CT molecular complexity index is 256. The zero-order valence-corrected chi connectivity index (χ0v) is 5.29. The van der Waals surface area contributed by atoms with E-state index in [1.54, 1.807) is 24.4 Å². The number of nitriles is 1. The van der Waals surface area contributed by atoms with Gasteiger partial charge in [0.05, 0.1) is 11.8 Å². The summed E-state index contributed by atoms with van der Waals surface area (Å²) in [6.45, 7) is 0. The third-order valence-electron chi connectivity index (χ3n) is 1.14. The molecule has 1 heterocycles. The van der Waals surface area contributed by atoms with Crippen LogP contribution in [0.15, 0.2) is 18.3 Å². The molecule has 0 spiro atoms. The van der Waals surface area contributed by atoms with Crippen LogP contribution in [0.2, 0.25) is 0 Å². The average Bonchev–Trinajstić information content (AvgIpc) is 2.38. The molecule has 10 heavy (non-hydrogen) atoms. The van der Waals surface area contributed by atoms with Gasteiger partial charge < -0.3 is 4.98 Å². The van der Waals surface area contributed by atoms with E-state index in [-0.39, 0.29) is 12.2 Å². The molecule has 1 rings (SSSR count). The van der Waals surface area contributed by atoms with Crippen LogP contribution in [0.1, 0.15) is 16.9 Å². The van der Waals surface area contributed by atoms with Gasteiger partial charge >= 0.3 is 0 Å². The molecule has 0 aromatic carbocycles. The molecule has 0 amide bonds. The number of aromatic nitrogens is 1. The highest BCUT2D eigenvalue weighted by molar-refractivity contribution is 5.95. The summed E-state index contributed by atoms with van der Waals surface area (Å²) in [5.74, 6) is -0.160. The summed E-state index contributed by atoms with van der Waals surface area (Å²) < 4.78 is 0. The Morgan fingerprint density at radius 1 is 1.80 bits per heavy atom. The molecule has 0 saturated heterocycles. The van der Waals surface area contributed by atoms with Crippen LogP contribution >= 0.6 is 0 Å². The lowest BCUT2D eigenvalue weighted by Gasteiger charge is -1.86. The molecule has 0 atom stereocenters. The van der Waals surface area contributed by atoms with Crippen LogP contribution in [0.25, 0.3) is 0 Å². The predicted molar refractivity (Wildman–Crippen MR) is 35.4 cm³/mol. The highest BCUT2D eigenvalue weighted by Crippen LogP contribution is 1.97. The highest BCUT2D eigenvalue weighted by atomic mass is 16.1. The summed E-state index contributed by atoms with van der Waals surface area (Å²) in [6.07, 6.45) is 1.60. The van der Waals surface area contributed by atoms with Gasteiger partial charge in [0, 0.05) is 6.20 Å². The van der Waals surface area contributed by atoms with Crippen LogP contribution in [0.4, 0.5) is 0 Å². The van der Waals surface area contributed by atoms with Gasteiger partial charge in [-0.05, 0) is 12.1 Å². The van der Waals surface area contributed by atoms with Gasteiger partial charge in [0.25, 0.3) is 0 Å². The Labute approximate surface area is 58.3 Å². The number of rotatable bonds is 2. The van der Waals surface area contributed by atoms with E-state index >= 15 is 0 Å². The van der Waals surface area contributed by atoms with Crippen molar-refractivity contribution in [2.24, 2.45) is 0 Å². The zero-order chi connectivity index (χ0) is 7.40. The second-order valence-corrected chi connectivity index (χ2v) is 1.84. The first-order valence-corrected chi connectivity index (χ1v) is 2.88. The van der Waals surface area contributed by atoms with Gasteiger partial charge in [-0.3, -0.25) is 4.79 Å². The molecule has 3 nitrogen and oxygen atoms in total.